The van der Waals surface area contributed by atoms with E-state index in [0.717, 1.165) is 61.9 Å². The lowest BCUT2D eigenvalue weighted by Crippen LogP contribution is -2.36. The maximum Gasteiger partial charge on any atom is 0.335 e. The van der Waals surface area contributed by atoms with Crippen LogP contribution in [0.3, 0.4) is 0 Å². The Morgan fingerprint density at radius 1 is 1.00 bits per heavy atom. The van der Waals surface area contributed by atoms with Gasteiger partial charge in [0.15, 0.2) is 5.78 Å². The molecule has 2 aromatic heterocycles. The second kappa shape index (κ2) is 13.0. The molecule has 3 heterocycles. The van der Waals surface area contributed by atoms with Crippen molar-refractivity contribution >= 4 is 40.0 Å². The van der Waals surface area contributed by atoms with Crippen LogP contribution in [0.1, 0.15) is 23.3 Å². The molecule has 5 rings (SSSR count). The predicted octanol–water partition coefficient (Wildman–Crippen LogP) is 4.38. The summed E-state index contributed by atoms with van der Waals surface area (Å²) < 4.78 is 26.1. The summed E-state index contributed by atoms with van der Waals surface area (Å²) in [6.45, 7) is 4.39. The van der Waals surface area contributed by atoms with E-state index in [2.05, 4.69) is 69.4 Å². The number of ketones is 1. The summed E-state index contributed by atoms with van der Waals surface area (Å²) in [5, 5.41) is 5.82. The molecule has 0 aliphatic carbocycles. The van der Waals surface area contributed by atoms with Gasteiger partial charge in [0.05, 0.1) is 30.1 Å². The quantitative estimate of drug-likeness (QED) is 0.243. The molecule has 0 bridgehead atoms. The lowest BCUT2D eigenvalue weighted by atomic mass is 10.1. The number of para-hydroxylation sites is 1. The highest BCUT2D eigenvalue weighted by molar-refractivity contribution is 7.98. The summed E-state index contributed by atoms with van der Waals surface area (Å²) in [5.74, 6) is 0.0993. The molecule has 0 unspecified atom stereocenters. The average molecular weight is 539 g/mol. The van der Waals surface area contributed by atoms with E-state index >= 15 is 0 Å². The summed E-state index contributed by atoms with van der Waals surface area (Å²) in [6, 6.07) is 20.9. The minimum absolute atomic E-state index is 0.0993. The largest absolute Gasteiger partial charge is 0.379 e. The van der Waals surface area contributed by atoms with E-state index in [-0.39, 0.29) is 5.78 Å². The summed E-state index contributed by atoms with van der Waals surface area (Å²) >= 11 is 0.994. The van der Waals surface area contributed by atoms with E-state index in [9.17, 15) is 4.79 Å². The van der Waals surface area contributed by atoms with Crippen LogP contribution in [-0.4, -0.2) is 72.6 Å². The molecule has 0 amide bonds. The van der Waals surface area contributed by atoms with E-state index in [0.29, 0.717) is 12.1 Å². The van der Waals surface area contributed by atoms with Crippen LogP contribution < -0.4 is 0 Å². The van der Waals surface area contributed by atoms with Crippen molar-refractivity contribution in [3.8, 4) is 17.1 Å². The number of aryl methyl sites for hydroxylation is 1. The van der Waals surface area contributed by atoms with Crippen LogP contribution in [-0.2, 0) is 23.4 Å². The first-order chi connectivity index (χ1) is 18.1. The van der Waals surface area contributed by atoms with Crippen LogP contribution in [0.5, 0.6) is 0 Å². The van der Waals surface area contributed by atoms with Gasteiger partial charge in [-0.25, -0.2) is 0 Å². The van der Waals surface area contributed by atoms with Gasteiger partial charge in [-0.3, -0.25) is 14.4 Å². The number of morpholine rings is 1. The van der Waals surface area contributed by atoms with E-state index in [1.165, 1.54) is 10.3 Å². The topological polar surface area (TPSA) is 86.4 Å². The second-order valence-corrected chi connectivity index (χ2v) is 9.66. The van der Waals surface area contributed by atoms with Crippen LogP contribution >= 0.6 is 11.8 Å². The van der Waals surface area contributed by atoms with Gasteiger partial charge in [0.25, 0.3) is 0 Å². The van der Waals surface area contributed by atoms with Gasteiger partial charge in [-0.1, -0.05) is 24.3 Å². The summed E-state index contributed by atoms with van der Waals surface area (Å²) in [6.07, 6.45) is 3.45. The third kappa shape index (κ3) is 6.27. The van der Waals surface area contributed by atoms with Crippen LogP contribution in [0.4, 0.5) is 0 Å². The molecule has 4 aromatic rings. The number of hydrogen-bond acceptors (Lipinski definition) is 7. The summed E-state index contributed by atoms with van der Waals surface area (Å²) in [7, 11) is 1.92. The lowest BCUT2D eigenvalue weighted by Gasteiger charge is -2.26. The molecule has 8 nitrogen and oxygen atoms in total. The zero-order chi connectivity index (χ0) is 26.2. The van der Waals surface area contributed by atoms with Gasteiger partial charge in [-0.05, 0) is 55.6 Å². The fourth-order valence-corrected chi connectivity index (χ4v) is 5.28. The Kier molecular flexibility index (Phi) is 9.45. The first kappa shape index (κ1) is 27.0. The number of rotatable bonds is 8. The standard InChI is InChI=1S/C27H30N4O2S.O2S/c1-29-24(19-22(28-29)26(32)11-7-13-30-14-16-33-17-15-30)25-18-21-23(10-6-12-27(21)34-2)31(25)20-8-4-3-5-9-20;1-3-2/h3-6,8-10,12,18-19H,7,11,13-17H2,1-2H3;. The first-order valence-electron chi connectivity index (χ1n) is 12.1. The molecule has 0 atom stereocenters. The van der Waals surface area contributed by atoms with Crippen molar-refractivity contribution in [3.05, 3.63) is 66.4 Å². The number of ether oxygens (including phenoxy) is 1. The zero-order valence-electron chi connectivity index (χ0n) is 21.0. The lowest BCUT2D eigenvalue weighted by molar-refractivity contribution is 0.0371. The highest BCUT2D eigenvalue weighted by Gasteiger charge is 2.20. The number of fused-ring (bicyclic) bond motifs is 1. The van der Waals surface area contributed by atoms with Gasteiger partial charge < -0.3 is 9.30 Å². The minimum atomic E-state index is -0.750. The van der Waals surface area contributed by atoms with Crippen molar-refractivity contribution in [2.45, 2.75) is 17.7 Å². The highest BCUT2D eigenvalue weighted by Crippen LogP contribution is 2.36. The smallest absolute Gasteiger partial charge is 0.335 e. The minimum Gasteiger partial charge on any atom is -0.379 e. The fourth-order valence-electron chi connectivity index (χ4n) is 4.68. The van der Waals surface area contributed by atoms with Crippen LogP contribution in [0.2, 0.25) is 0 Å². The number of Topliss-reactive ketones (excluding diaryl/α,β-unsaturated/α-hetero) is 1. The molecule has 194 valence electrons. The Morgan fingerprint density at radius 3 is 2.43 bits per heavy atom. The highest BCUT2D eigenvalue weighted by atomic mass is 32.2. The van der Waals surface area contributed by atoms with Gasteiger partial charge in [0, 0.05) is 42.5 Å². The molecule has 37 heavy (non-hydrogen) atoms. The van der Waals surface area contributed by atoms with E-state index in [4.69, 9.17) is 13.2 Å². The molecule has 10 heteroatoms. The molecule has 1 aliphatic heterocycles. The first-order valence-corrected chi connectivity index (χ1v) is 14.0. The van der Waals surface area contributed by atoms with Gasteiger partial charge in [-0.15, -0.1) is 11.8 Å². The molecule has 1 saturated heterocycles. The third-order valence-electron chi connectivity index (χ3n) is 6.45. The van der Waals surface area contributed by atoms with Crippen LogP contribution in [0, 0.1) is 0 Å². The summed E-state index contributed by atoms with van der Waals surface area (Å²) in [4.78, 5) is 16.6. The maximum atomic E-state index is 13.0. The zero-order valence-corrected chi connectivity index (χ0v) is 22.6. The van der Waals surface area contributed by atoms with Gasteiger partial charge in [-0.2, -0.15) is 13.5 Å². The third-order valence-corrected chi connectivity index (χ3v) is 7.25. The van der Waals surface area contributed by atoms with E-state index in [1.54, 1.807) is 11.8 Å². The average Bonchev–Trinajstić information content (AvgIpc) is 3.50. The molecular formula is C27H30N4O4S2. The van der Waals surface area contributed by atoms with Gasteiger partial charge >= 0.3 is 11.6 Å². The van der Waals surface area contributed by atoms with Crippen molar-refractivity contribution in [2.24, 2.45) is 7.05 Å². The number of hydrogen-bond donors (Lipinski definition) is 0. The Hall–Kier alpha value is -3.05. The Bertz CT molecular complexity index is 1390. The molecule has 0 spiro atoms. The molecular weight excluding hydrogens is 508 g/mol. The number of carbonyl (C=O) groups excluding carboxylic acids is 1. The van der Waals surface area contributed by atoms with E-state index < -0.39 is 11.6 Å². The predicted molar refractivity (Wildman–Crippen MR) is 147 cm³/mol. The second-order valence-electron chi connectivity index (χ2n) is 8.68. The molecule has 1 fully saturated rings. The summed E-state index contributed by atoms with van der Waals surface area (Å²) in [5.41, 5.74) is 4.74. The number of aromatic nitrogens is 3. The monoisotopic (exact) mass is 538 g/mol. The van der Waals surface area contributed by atoms with Crippen LogP contribution in [0.25, 0.3) is 28.0 Å². The van der Waals surface area contributed by atoms with Gasteiger partial charge in [0.2, 0.25) is 0 Å². The number of benzene rings is 2. The van der Waals surface area contributed by atoms with Crippen molar-refractivity contribution in [2.75, 3.05) is 39.1 Å². The van der Waals surface area contributed by atoms with E-state index in [1.807, 2.05) is 23.9 Å². The molecule has 0 saturated carbocycles. The van der Waals surface area contributed by atoms with Gasteiger partial charge in [0.1, 0.15) is 5.69 Å². The van der Waals surface area contributed by atoms with Crippen molar-refractivity contribution in [1.82, 2.24) is 19.2 Å². The fraction of sp³-hybridized carbons (Fsp3) is 0.333. The number of carbonyl (C=O) groups is 1. The number of thioether (sulfide) groups is 1. The maximum absolute atomic E-state index is 13.0. The SMILES string of the molecule is CSc1cccc2c1cc(-c1cc(C(=O)CCCN3CCOCC3)nn1C)n2-c1ccccc1.O=S=O. The van der Waals surface area contributed by atoms with Crippen molar-refractivity contribution < 1.29 is 17.9 Å². The molecule has 0 N–H and O–H groups in total. The normalized spacial score (nSPS) is 13.8. The molecule has 2 aromatic carbocycles. The Labute approximate surface area is 224 Å². The van der Waals surface area contributed by atoms with Crippen LogP contribution in [0.15, 0.2) is 65.6 Å². The van der Waals surface area contributed by atoms with Crippen molar-refractivity contribution in [3.63, 3.8) is 0 Å². The molecule has 0 radical (unpaired) electrons. The van der Waals surface area contributed by atoms with Crippen molar-refractivity contribution in [1.29, 1.82) is 0 Å². The Balaban J connectivity index is 0.00000102. The Morgan fingerprint density at radius 2 is 1.73 bits per heavy atom. The molecule has 1 aliphatic rings. The number of nitrogens with zero attached hydrogens (tertiary/aromatic N) is 4.